The molecule has 1 N–H and O–H groups in total. The summed E-state index contributed by atoms with van der Waals surface area (Å²) in [5.74, 6) is 2.38. The van der Waals surface area contributed by atoms with Gasteiger partial charge in [-0.3, -0.25) is 9.48 Å². The van der Waals surface area contributed by atoms with Gasteiger partial charge in [-0.05, 0) is 61.2 Å². The first-order chi connectivity index (χ1) is 14.0. The predicted molar refractivity (Wildman–Crippen MR) is 113 cm³/mol. The fourth-order valence-corrected chi connectivity index (χ4v) is 3.71. The van der Waals surface area contributed by atoms with Crippen molar-refractivity contribution in [2.45, 2.75) is 26.2 Å². The lowest BCUT2D eigenvalue weighted by Gasteiger charge is -2.17. The van der Waals surface area contributed by atoms with E-state index < -0.39 is 0 Å². The Bertz CT molecular complexity index is 1040. The number of fused-ring (bicyclic) bond motifs is 1. The lowest BCUT2D eigenvalue weighted by molar-refractivity contribution is -0.115. The highest BCUT2D eigenvalue weighted by atomic mass is 16.5. The van der Waals surface area contributed by atoms with Gasteiger partial charge in [0.25, 0.3) is 0 Å². The molecule has 1 aliphatic rings. The number of nitrogens with zero attached hydrogens (tertiary/aromatic N) is 2. The molecule has 4 rings (SSSR count). The highest BCUT2D eigenvalue weighted by molar-refractivity contribution is 5.93. The molecule has 0 fully saturated rings. The number of aromatic nitrogens is 2. The SMILES string of the molecule is COc1ccc(-c2nn(C)c(NC(=O)Cc3ccc4c(c3)CCCO4)c2C)cc1. The molecule has 0 radical (unpaired) electrons. The molecule has 29 heavy (non-hydrogen) atoms. The number of anilines is 1. The number of hydrogen-bond acceptors (Lipinski definition) is 4. The second-order valence-corrected chi connectivity index (χ2v) is 7.29. The van der Waals surface area contributed by atoms with Gasteiger partial charge >= 0.3 is 0 Å². The van der Waals surface area contributed by atoms with Crippen LogP contribution in [0.25, 0.3) is 11.3 Å². The van der Waals surface area contributed by atoms with Crippen molar-refractivity contribution < 1.29 is 14.3 Å². The highest BCUT2D eigenvalue weighted by Gasteiger charge is 2.17. The van der Waals surface area contributed by atoms with E-state index in [1.807, 2.05) is 50.4 Å². The minimum absolute atomic E-state index is 0.0611. The first-order valence-corrected chi connectivity index (χ1v) is 9.77. The minimum Gasteiger partial charge on any atom is -0.497 e. The van der Waals surface area contributed by atoms with Crippen LogP contribution in [0.3, 0.4) is 0 Å². The van der Waals surface area contributed by atoms with Crippen molar-refractivity contribution in [3.8, 4) is 22.8 Å². The van der Waals surface area contributed by atoms with Gasteiger partial charge in [-0.2, -0.15) is 5.10 Å². The monoisotopic (exact) mass is 391 g/mol. The molecular formula is C23H25N3O3. The lowest BCUT2D eigenvalue weighted by Crippen LogP contribution is -2.17. The van der Waals surface area contributed by atoms with Crippen LogP contribution in [-0.4, -0.2) is 29.4 Å². The van der Waals surface area contributed by atoms with E-state index in [1.54, 1.807) is 11.8 Å². The van der Waals surface area contributed by atoms with Crippen LogP contribution in [0.15, 0.2) is 42.5 Å². The van der Waals surface area contributed by atoms with Crippen LogP contribution >= 0.6 is 0 Å². The van der Waals surface area contributed by atoms with Crippen molar-refractivity contribution in [1.29, 1.82) is 0 Å². The summed E-state index contributed by atoms with van der Waals surface area (Å²) in [5.41, 5.74) is 4.93. The lowest BCUT2D eigenvalue weighted by atomic mass is 10.0. The average Bonchev–Trinajstić information content (AvgIpc) is 3.02. The molecule has 3 aromatic rings. The molecular weight excluding hydrogens is 366 g/mol. The topological polar surface area (TPSA) is 65.4 Å². The van der Waals surface area contributed by atoms with Gasteiger partial charge in [0.2, 0.25) is 5.91 Å². The number of methoxy groups -OCH3 is 1. The van der Waals surface area contributed by atoms with Crippen molar-refractivity contribution in [3.05, 3.63) is 59.2 Å². The van der Waals surface area contributed by atoms with Crippen molar-refractivity contribution in [3.63, 3.8) is 0 Å². The molecule has 0 saturated carbocycles. The van der Waals surface area contributed by atoms with E-state index in [1.165, 1.54) is 5.56 Å². The van der Waals surface area contributed by atoms with Crippen LogP contribution < -0.4 is 14.8 Å². The first-order valence-electron chi connectivity index (χ1n) is 9.77. The summed E-state index contributed by atoms with van der Waals surface area (Å²) in [4.78, 5) is 12.7. The molecule has 1 aliphatic heterocycles. The van der Waals surface area contributed by atoms with Crippen LogP contribution in [-0.2, 0) is 24.7 Å². The van der Waals surface area contributed by atoms with Gasteiger partial charge in [0.15, 0.2) is 0 Å². The summed E-state index contributed by atoms with van der Waals surface area (Å²) in [6.07, 6.45) is 2.33. The molecule has 150 valence electrons. The van der Waals surface area contributed by atoms with Crippen LogP contribution in [0.5, 0.6) is 11.5 Å². The third-order valence-corrected chi connectivity index (χ3v) is 5.24. The third kappa shape index (κ3) is 3.97. The Morgan fingerprint density at radius 2 is 2.03 bits per heavy atom. The Balaban J connectivity index is 1.50. The number of carbonyl (C=O) groups is 1. The summed E-state index contributed by atoms with van der Waals surface area (Å²) in [6, 6.07) is 13.7. The number of ether oxygens (including phenoxy) is 2. The standard InChI is InChI=1S/C23H25N3O3/c1-15-22(17-7-9-19(28-3)10-8-17)25-26(2)23(15)24-21(27)14-16-6-11-20-18(13-16)5-4-12-29-20/h6-11,13H,4-5,12,14H2,1-3H3,(H,24,27). The Morgan fingerprint density at radius 3 is 2.79 bits per heavy atom. The van der Waals surface area contributed by atoms with Gasteiger partial charge in [0, 0.05) is 18.2 Å². The van der Waals surface area contributed by atoms with E-state index in [2.05, 4.69) is 16.5 Å². The van der Waals surface area contributed by atoms with E-state index in [9.17, 15) is 4.79 Å². The molecule has 0 unspecified atom stereocenters. The predicted octanol–water partition coefficient (Wildman–Crippen LogP) is 3.91. The van der Waals surface area contributed by atoms with Crippen molar-refractivity contribution in [1.82, 2.24) is 9.78 Å². The molecule has 0 spiro atoms. The number of aryl methyl sites for hydroxylation is 2. The number of hydrogen-bond donors (Lipinski definition) is 1. The fraction of sp³-hybridized carbons (Fsp3) is 0.304. The van der Waals surface area contributed by atoms with E-state index in [4.69, 9.17) is 9.47 Å². The Morgan fingerprint density at radius 1 is 1.24 bits per heavy atom. The number of carbonyl (C=O) groups excluding carboxylic acids is 1. The smallest absolute Gasteiger partial charge is 0.229 e. The molecule has 6 nitrogen and oxygen atoms in total. The van der Waals surface area contributed by atoms with Crippen LogP contribution in [0.2, 0.25) is 0 Å². The van der Waals surface area contributed by atoms with E-state index in [-0.39, 0.29) is 5.91 Å². The molecule has 0 bridgehead atoms. The summed E-state index contributed by atoms with van der Waals surface area (Å²) in [7, 11) is 3.48. The summed E-state index contributed by atoms with van der Waals surface area (Å²) >= 11 is 0. The highest BCUT2D eigenvalue weighted by Crippen LogP contribution is 2.29. The molecule has 0 aliphatic carbocycles. The molecule has 2 aromatic carbocycles. The largest absolute Gasteiger partial charge is 0.497 e. The summed E-state index contributed by atoms with van der Waals surface area (Å²) in [5, 5.41) is 7.62. The zero-order valence-corrected chi connectivity index (χ0v) is 17.0. The number of rotatable bonds is 5. The van der Waals surface area contributed by atoms with Crippen LogP contribution in [0.1, 0.15) is 23.1 Å². The van der Waals surface area contributed by atoms with Gasteiger partial charge in [0.1, 0.15) is 17.3 Å². The number of amides is 1. The second kappa shape index (κ2) is 7.99. The van der Waals surface area contributed by atoms with E-state index in [0.29, 0.717) is 12.2 Å². The van der Waals surface area contributed by atoms with E-state index in [0.717, 1.165) is 53.3 Å². The zero-order valence-electron chi connectivity index (χ0n) is 17.0. The van der Waals surface area contributed by atoms with Crippen LogP contribution in [0.4, 0.5) is 5.82 Å². The third-order valence-electron chi connectivity index (χ3n) is 5.24. The molecule has 1 aromatic heterocycles. The number of benzene rings is 2. The molecule has 1 amide bonds. The van der Waals surface area contributed by atoms with Gasteiger partial charge < -0.3 is 14.8 Å². The zero-order chi connectivity index (χ0) is 20.4. The Kier molecular flexibility index (Phi) is 5.25. The van der Waals surface area contributed by atoms with Crippen molar-refractivity contribution >= 4 is 11.7 Å². The molecule has 0 saturated heterocycles. The second-order valence-electron chi connectivity index (χ2n) is 7.29. The number of nitrogens with one attached hydrogen (secondary N) is 1. The van der Waals surface area contributed by atoms with E-state index >= 15 is 0 Å². The van der Waals surface area contributed by atoms with Gasteiger partial charge in [-0.15, -0.1) is 0 Å². The van der Waals surface area contributed by atoms with Crippen molar-refractivity contribution in [2.24, 2.45) is 7.05 Å². The van der Waals surface area contributed by atoms with Crippen LogP contribution in [0, 0.1) is 6.92 Å². The van der Waals surface area contributed by atoms with Gasteiger partial charge in [-0.1, -0.05) is 12.1 Å². The fourth-order valence-electron chi connectivity index (χ4n) is 3.71. The Labute approximate surface area is 170 Å². The molecule has 6 heteroatoms. The normalized spacial score (nSPS) is 12.8. The average molecular weight is 391 g/mol. The molecule has 0 atom stereocenters. The summed E-state index contributed by atoms with van der Waals surface area (Å²) < 4.78 is 12.6. The van der Waals surface area contributed by atoms with Crippen molar-refractivity contribution in [2.75, 3.05) is 19.0 Å². The molecule has 2 heterocycles. The maximum absolute atomic E-state index is 12.7. The maximum Gasteiger partial charge on any atom is 0.229 e. The van der Waals surface area contributed by atoms with Gasteiger partial charge in [-0.25, -0.2) is 0 Å². The minimum atomic E-state index is -0.0611. The van der Waals surface area contributed by atoms with Gasteiger partial charge in [0.05, 0.1) is 25.8 Å². The quantitative estimate of drug-likeness (QED) is 0.716. The summed E-state index contributed by atoms with van der Waals surface area (Å²) in [6.45, 7) is 2.74. The maximum atomic E-state index is 12.7. The first kappa shape index (κ1) is 19.1. The Hall–Kier alpha value is -3.28.